The van der Waals surface area contributed by atoms with Gasteiger partial charge in [-0.2, -0.15) is 0 Å². The van der Waals surface area contributed by atoms with Crippen LogP contribution in [-0.4, -0.2) is 43.8 Å². The minimum Gasteiger partial charge on any atom is -0.497 e. The van der Waals surface area contributed by atoms with Crippen molar-refractivity contribution < 1.29 is 14.3 Å². The van der Waals surface area contributed by atoms with Crippen molar-refractivity contribution in [2.45, 2.75) is 12.5 Å². The van der Waals surface area contributed by atoms with Crippen LogP contribution < -0.4 is 15.4 Å². The molecule has 0 unspecified atom stereocenters. The molecule has 1 amide bonds. The van der Waals surface area contributed by atoms with Crippen LogP contribution in [0.25, 0.3) is 0 Å². The lowest BCUT2D eigenvalue weighted by atomic mass is 10.1. The maximum atomic E-state index is 11.1. The van der Waals surface area contributed by atoms with Crippen LogP contribution in [0.4, 0.5) is 5.82 Å². The summed E-state index contributed by atoms with van der Waals surface area (Å²) in [5.74, 6) is 1.22. The molecule has 1 saturated heterocycles. The SMILES string of the molecule is COc1cccc(C[C@@H]2CN(c3ccc(C(N)=O)cn3)CCO2)c1. The van der Waals surface area contributed by atoms with Gasteiger partial charge in [0.15, 0.2) is 0 Å². The molecule has 24 heavy (non-hydrogen) atoms. The van der Waals surface area contributed by atoms with Gasteiger partial charge >= 0.3 is 0 Å². The van der Waals surface area contributed by atoms with Gasteiger partial charge in [-0.05, 0) is 29.8 Å². The van der Waals surface area contributed by atoms with E-state index in [9.17, 15) is 4.79 Å². The monoisotopic (exact) mass is 327 g/mol. The number of benzene rings is 1. The highest BCUT2D eigenvalue weighted by Gasteiger charge is 2.22. The molecule has 2 aromatic rings. The average molecular weight is 327 g/mol. The Balaban J connectivity index is 1.66. The molecule has 1 aromatic carbocycles. The van der Waals surface area contributed by atoms with E-state index >= 15 is 0 Å². The van der Waals surface area contributed by atoms with Crippen molar-refractivity contribution in [3.63, 3.8) is 0 Å². The number of nitrogens with zero attached hydrogens (tertiary/aromatic N) is 2. The summed E-state index contributed by atoms with van der Waals surface area (Å²) in [7, 11) is 1.67. The number of hydrogen-bond donors (Lipinski definition) is 1. The second-order valence-corrected chi connectivity index (χ2v) is 5.76. The molecule has 1 fully saturated rings. The van der Waals surface area contributed by atoms with Crippen LogP contribution in [0.3, 0.4) is 0 Å². The fourth-order valence-corrected chi connectivity index (χ4v) is 2.83. The van der Waals surface area contributed by atoms with Crippen molar-refractivity contribution in [1.29, 1.82) is 0 Å². The standard InChI is InChI=1S/C18H21N3O3/c1-23-15-4-2-3-13(9-15)10-16-12-21(7-8-24-16)17-6-5-14(11-20-17)18(19)22/h2-6,9,11,16H,7-8,10,12H2,1H3,(H2,19,22)/t16-/m1/s1. The van der Waals surface area contributed by atoms with Gasteiger partial charge in [-0.3, -0.25) is 4.79 Å². The molecule has 3 rings (SSSR count). The van der Waals surface area contributed by atoms with Gasteiger partial charge in [0, 0.05) is 25.7 Å². The summed E-state index contributed by atoms with van der Waals surface area (Å²) in [5.41, 5.74) is 6.85. The Bertz CT molecular complexity index is 703. The third-order valence-electron chi connectivity index (χ3n) is 4.09. The third kappa shape index (κ3) is 3.83. The summed E-state index contributed by atoms with van der Waals surface area (Å²) in [4.78, 5) is 17.6. The lowest BCUT2D eigenvalue weighted by molar-refractivity contribution is 0.0408. The number of carbonyl (C=O) groups excluding carboxylic acids is 1. The van der Waals surface area contributed by atoms with Crippen molar-refractivity contribution in [1.82, 2.24) is 4.98 Å². The highest BCUT2D eigenvalue weighted by molar-refractivity contribution is 5.92. The summed E-state index contributed by atoms with van der Waals surface area (Å²) >= 11 is 0. The first kappa shape index (κ1) is 16.3. The van der Waals surface area contributed by atoms with Gasteiger partial charge in [0.2, 0.25) is 5.91 Å². The minimum atomic E-state index is -0.466. The topological polar surface area (TPSA) is 77.7 Å². The largest absolute Gasteiger partial charge is 0.497 e. The summed E-state index contributed by atoms with van der Waals surface area (Å²) in [6.07, 6.45) is 2.42. The van der Waals surface area contributed by atoms with Crippen LogP contribution in [0.1, 0.15) is 15.9 Å². The average Bonchev–Trinajstić information content (AvgIpc) is 2.62. The Kier molecular flexibility index (Phi) is 4.96. The predicted molar refractivity (Wildman–Crippen MR) is 91.4 cm³/mol. The number of primary amides is 1. The first-order valence-corrected chi connectivity index (χ1v) is 7.91. The highest BCUT2D eigenvalue weighted by atomic mass is 16.5. The summed E-state index contributed by atoms with van der Waals surface area (Å²) in [6.45, 7) is 2.17. The molecule has 0 spiro atoms. The number of methoxy groups -OCH3 is 1. The number of pyridine rings is 1. The van der Waals surface area contributed by atoms with Crippen molar-refractivity contribution in [2.75, 3.05) is 31.7 Å². The van der Waals surface area contributed by atoms with Gasteiger partial charge in [0.05, 0.1) is 25.4 Å². The van der Waals surface area contributed by atoms with Crippen LogP contribution in [0.15, 0.2) is 42.6 Å². The fraction of sp³-hybridized carbons (Fsp3) is 0.333. The number of aromatic nitrogens is 1. The van der Waals surface area contributed by atoms with E-state index < -0.39 is 5.91 Å². The molecule has 126 valence electrons. The molecule has 1 atom stereocenters. The summed E-state index contributed by atoms with van der Waals surface area (Å²) in [5, 5.41) is 0. The molecule has 2 N–H and O–H groups in total. The Labute approximate surface area is 141 Å². The zero-order chi connectivity index (χ0) is 16.9. The van der Waals surface area contributed by atoms with E-state index in [1.54, 1.807) is 13.2 Å². The lowest BCUT2D eigenvalue weighted by Crippen LogP contribution is -2.43. The summed E-state index contributed by atoms with van der Waals surface area (Å²) < 4.78 is 11.2. The van der Waals surface area contributed by atoms with Crippen LogP contribution in [-0.2, 0) is 11.2 Å². The molecular formula is C18H21N3O3. The highest BCUT2D eigenvalue weighted by Crippen LogP contribution is 2.20. The van der Waals surface area contributed by atoms with Gasteiger partial charge in [0.25, 0.3) is 0 Å². The molecular weight excluding hydrogens is 306 g/mol. The van der Waals surface area contributed by atoms with Crippen molar-refractivity contribution >= 4 is 11.7 Å². The number of amides is 1. The number of morpholine rings is 1. The van der Waals surface area contributed by atoms with Gasteiger partial charge < -0.3 is 20.1 Å². The first-order valence-electron chi connectivity index (χ1n) is 7.91. The molecule has 0 aliphatic carbocycles. The molecule has 6 heteroatoms. The molecule has 0 radical (unpaired) electrons. The fourth-order valence-electron chi connectivity index (χ4n) is 2.83. The van der Waals surface area contributed by atoms with E-state index in [1.807, 2.05) is 24.3 Å². The molecule has 0 saturated carbocycles. The van der Waals surface area contributed by atoms with Crippen molar-refractivity contribution in [3.05, 3.63) is 53.7 Å². The van der Waals surface area contributed by atoms with Gasteiger partial charge in [-0.15, -0.1) is 0 Å². The maximum Gasteiger partial charge on any atom is 0.250 e. The molecule has 1 aromatic heterocycles. The van der Waals surface area contributed by atoms with E-state index in [2.05, 4.69) is 16.0 Å². The summed E-state index contributed by atoms with van der Waals surface area (Å²) in [6, 6.07) is 11.6. The Morgan fingerprint density at radius 1 is 1.42 bits per heavy atom. The van der Waals surface area contributed by atoms with Crippen LogP contribution >= 0.6 is 0 Å². The number of hydrogen-bond acceptors (Lipinski definition) is 5. The zero-order valence-corrected chi connectivity index (χ0v) is 13.6. The van der Waals surface area contributed by atoms with Crippen LogP contribution in [0.5, 0.6) is 5.75 Å². The zero-order valence-electron chi connectivity index (χ0n) is 13.6. The van der Waals surface area contributed by atoms with Crippen LogP contribution in [0.2, 0.25) is 0 Å². The molecule has 1 aliphatic heterocycles. The Hall–Kier alpha value is -2.60. The van der Waals surface area contributed by atoms with E-state index in [4.69, 9.17) is 15.2 Å². The predicted octanol–water partition coefficient (Wildman–Crippen LogP) is 1.64. The van der Waals surface area contributed by atoms with Crippen molar-refractivity contribution in [2.24, 2.45) is 5.73 Å². The van der Waals surface area contributed by atoms with Crippen molar-refractivity contribution in [3.8, 4) is 5.75 Å². The number of anilines is 1. The van der Waals surface area contributed by atoms with E-state index in [0.717, 1.165) is 31.1 Å². The smallest absolute Gasteiger partial charge is 0.250 e. The van der Waals surface area contributed by atoms with E-state index in [-0.39, 0.29) is 6.10 Å². The number of rotatable bonds is 5. The van der Waals surface area contributed by atoms with E-state index in [1.165, 1.54) is 11.8 Å². The number of ether oxygens (including phenoxy) is 2. The second kappa shape index (κ2) is 7.31. The minimum absolute atomic E-state index is 0.0865. The van der Waals surface area contributed by atoms with E-state index in [0.29, 0.717) is 12.2 Å². The first-order chi connectivity index (χ1) is 11.7. The van der Waals surface area contributed by atoms with Gasteiger partial charge in [-0.25, -0.2) is 4.98 Å². The molecule has 1 aliphatic rings. The molecule has 2 heterocycles. The van der Waals surface area contributed by atoms with Gasteiger partial charge in [0.1, 0.15) is 11.6 Å². The Morgan fingerprint density at radius 2 is 2.29 bits per heavy atom. The maximum absolute atomic E-state index is 11.1. The number of nitrogens with two attached hydrogens (primary N) is 1. The lowest BCUT2D eigenvalue weighted by Gasteiger charge is -2.34. The molecule has 6 nitrogen and oxygen atoms in total. The van der Waals surface area contributed by atoms with Gasteiger partial charge in [-0.1, -0.05) is 12.1 Å². The van der Waals surface area contributed by atoms with Crippen LogP contribution in [0, 0.1) is 0 Å². The second-order valence-electron chi connectivity index (χ2n) is 5.76. The Morgan fingerprint density at radius 3 is 3.00 bits per heavy atom. The molecule has 0 bridgehead atoms. The third-order valence-corrected chi connectivity index (χ3v) is 4.09. The number of carbonyl (C=O) groups is 1. The normalized spacial score (nSPS) is 17.5. The quantitative estimate of drug-likeness (QED) is 0.903.